The molecular formula is C14H14ClN3O2. The van der Waals surface area contributed by atoms with Gasteiger partial charge in [0.05, 0.1) is 16.6 Å². The van der Waals surface area contributed by atoms with Gasteiger partial charge in [0.2, 0.25) is 0 Å². The quantitative estimate of drug-likeness (QED) is 0.921. The van der Waals surface area contributed by atoms with E-state index in [2.05, 4.69) is 21.8 Å². The lowest BCUT2D eigenvalue weighted by atomic mass is 10.2. The van der Waals surface area contributed by atoms with Crippen molar-refractivity contribution < 1.29 is 9.90 Å². The van der Waals surface area contributed by atoms with E-state index in [4.69, 9.17) is 16.7 Å². The number of aromatic nitrogens is 2. The van der Waals surface area contributed by atoms with Crippen molar-refractivity contribution in [1.82, 2.24) is 9.97 Å². The summed E-state index contributed by atoms with van der Waals surface area (Å²) < 4.78 is 0. The summed E-state index contributed by atoms with van der Waals surface area (Å²) in [4.78, 5) is 22.0. The molecule has 20 heavy (non-hydrogen) atoms. The van der Waals surface area contributed by atoms with Gasteiger partial charge in [0.25, 0.3) is 0 Å². The molecule has 2 heterocycles. The monoisotopic (exact) mass is 291 g/mol. The molecule has 1 aliphatic heterocycles. The third-order valence-corrected chi connectivity index (χ3v) is 3.93. The van der Waals surface area contributed by atoms with Crippen molar-refractivity contribution in [2.24, 2.45) is 0 Å². The Morgan fingerprint density at radius 2 is 2.20 bits per heavy atom. The van der Waals surface area contributed by atoms with Crippen LogP contribution in [0.2, 0.25) is 5.15 Å². The van der Waals surface area contributed by atoms with E-state index in [9.17, 15) is 4.79 Å². The van der Waals surface area contributed by atoms with Gasteiger partial charge in [0, 0.05) is 12.6 Å². The highest BCUT2D eigenvalue weighted by Gasteiger charge is 2.24. The predicted octanol–water partition coefficient (Wildman–Crippen LogP) is 2.97. The molecule has 1 saturated heterocycles. The van der Waals surface area contributed by atoms with E-state index in [-0.39, 0.29) is 5.56 Å². The van der Waals surface area contributed by atoms with Crippen LogP contribution in [-0.4, -0.2) is 33.6 Å². The molecule has 1 unspecified atom stereocenters. The Balaban J connectivity index is 2.13. The zero-order valence-electron chi connectivity index (χ0n) is 11.0. The molecule has 1 atom stereocenters. The Bertz CT molecular complexity index is 689. The Labute approximate surface area is 121 Å². The third-order valence-electron chi connectivity index (χ3n) is 3.68. The molecule has 0 spiro atoms. The highest BCUT2D eigenvalue weighted by atomic mass is 35.5. The summed E-state index contributed by atoms with van der Waals surface area (Å²) in [6.07, 6.45) is 2.21. The van der Waals surface area contributed by atoms with E-state index in [1.165, 1.54) is 12.1 Å². The van der Waals surface area contributed by atoms with Gasteiger partial charge in [-0.2, -0.15) is 0 Å². The molecule has 5 nitrogen and oxygen atoms in total. The number of hydrogen-bond donors (Lipinski definition) is 1. The van der Waals surface area contributed by atoms with Crippen molar-refractivity contribution in [3.05, 3.63) is 28.9 Å². The van der Waals surface area contributed by atoms with E-state index >= 15 is 0 Å². The second-order valence-corrected chi connectivity index (χ2v) is 5.39. The average Bonchev–Trinajstić information content (AvgIpc) is 2.83. The third kappa shape index (κ3) is 2.18. The molecule has 6 heteroatoms. The van der Waals surface area contributed by atoms with Gasteiger partial charge in [-0.1, -0.05) is 11.6 Å². The first kappa shape index (κ1) is 13.1. The molecule has 2 aromatic rings. The molecule has 0 amide bonds. The Morgan fingerprint density at radius 1 is 1.40 bits per heavy atom. The zero-order chi connectivity index (χ0) is 14.3. The maximum atomic E-state index is 11.0. The minimum atomic E-state index is -0.972. The highest BCUT2D eigenvalue weighted by molar-refractivity contribution is 6.32. The Kier molecular flexibility index (Phi) is 3.22. The van der Waals surface area contributed by atoms with Crippen LogP contribution in [0.5, 0.6) is 0 Å². The fourth-order valence-corrected chi connectivity index (χ4v) is 2.83. The molecule has 1 aromatic carbocycles. The summed E-state index contributed by atoms with van der Waals surface area (Å²) >= 11 is 6.22. The molecule has 1 aliphatic rings. The predicted molar refractivity (Wildman–Crippen MR) is 77.5 cm³/mol. The van der Waals surface area contributed by atoms with Gasteiger partial charge in [0.15, 0.2) is 11.0 Å². The summed E-state index contributed by atoms with van der Waals surface area (Å²) in [5, 5.41) is 9.41. The molecule has 0 bridgehead atoms. The SMILES string of the molecule is CC1CCCN1c1nc2cc(C(=O)O)ccc2nc1Cl. The molecule has 1 N–H and O–H groups in total. The normalized spacial score (nSPS) is 18.7. The summed E-state index contributed by atoms with van der Waals surface area (Å²) in [6, 6.07) is 5.05. The van der Waals surface area contributed by atoms with Gasteiger partial charge in [0.1, 0.15) is 0 Å². The lowest BCUT2D eigenvalue weighted by Gasteiger charge is -2.23. The molecule has 0 saturated carbocycles. The molecule has 3 rings (SSSR count). The van der Waals surface area contributed by atoms with Crippen LogP contribution < -0.4 is 4.90 Å². The number of fused-ring (bicyclic) bond motifs is 1. The standard InChI is InChI=1S/C14H14ClN3O2/c1-8-3-2-6-18(8)13-12(15)16-10-5-4-9(14(19)20)7-11(10)17-13/h4-5,7-8H,2-3,6H2,1H3,(H,19,20). The van der Waals surface area contributed by atoms with E-state index in [0.29, 0.717) is 28.0 Å². The van der Waals surface area contributed by atoms with E-state index < -0.39 is 5.97 Å². The first-order chi connectivity index (χ1) is 9.56. The second-order valence-electron chi connectivity index (χ2n) is 5.03. The van der Waals surface area contributed by atoms with Crippen LogP contribution in [0.4, 0.5) is 5.82 Å². The second kappa shape index (κ2) is 4.90. The van der Waals surface area contributed by atoms with Gasteiger partial charge in [-0.25, -0.2) is 14.8 Å². The van der Waals surface area contributed by atoms with Crippen molar-refractivity contribution in [1.29, 1.82) is 0 Å². The minimum absolute atomic E-state index is 0.203. The van der Waals surface area contributed by atoms with Crippen LogP contribution in [-0.2, 0) is 0 Å². The number of halogens is 1. The van der Waals surface area contributed by atoms with Gasteiger partial charge >= 0.3 is 5.97 Å². The first-order valence-electron chi connectivity index (χ1n) is 6.53. The van der Waals surface area contributed by atoms with Crippen LogP contribution in [0, 0.1) is 0 Å². The van der Waals surface area contributed by atoms with E-state index in [1.54, 1.807) is 6.07 Å². The summed E-state index contributed by atoms with van der Waals surface area (Å²) in [5.74, 6) is -0.327. The molecule has 0 radical (unpaired) electrons. The number of carbonyl (C=O) groups is 1. The lowest BCUT2D eigenvalue weighted by molar-refractivity contribution is 0.0697. The summed E-state index contributed by atoms with van der Waals surface area (Å²) in [6.45, 7) is 3.03. The van der Waals surface area contributed by atoms with Crippen molar-refractivity contribution in [2.45, 2.75) is 25.8 Å². The number of benzene rings is 1. The number of nitrogens with zero attached hydrogens (tertiary/aromatic N) is 3. The first-order valence-corrected chi connectivity index (χ1v) is 6.91. The number of rotatable bonds is 2. The van der Waals surface area contributed by atoms with E-state index in [0.717, 1.165) is 19.4 Å². The van der Waals surface area contributed by atoms with Crippen LogP contribution in [0.1, 0.15) is 30.1 Å². The van der Waals surface area contributed by atoms with Gasteiger partial charge in [-0.05, 0) is 38.0 Å². The fourth-order valence-electron chi connectivity index (χ4n) is 2.59. The summed E-state index contributed by atoms with van der Waals surface area (Å²) in [7, 11) is 0. The molecule has 104 valence electrons. The summed E-state index contributed by atoms with van der Waals surface area (Å²) in [5.41, 5.74) is 1.37. The van der Waals surface area contributed by atoms with E-state index in [1.807, 2.05) is 0 Å². The topological polar surface area (TPSA) is 66.3 Å². The molecular weight excluding hydrogens is 278 g/mol. The van der Waals surface area contributed by atoms with Gasteiger partial charge in [-0.3, -0.25) is 0 Å². The average molecular weight is 292 g/mol. The van der Waals surface area contributed by atoms with Crippen molar-refractivity contribution in [3.8, 4) is 0 Å². The largest absolute Gasteiger partial charge is 0.478 e. The molecule has 0 aliphatic carbocycles. The van der Waals surface area contributed by atoms with Gasteiger partial charge < -0.3 is 10.0 Å². The maximum absolute atomic E-state index is 11.0. The van der Waals surface area contributed by atoms with Gasteiger partial charge in [-0.15, -0.1) is 0 Å². The molecule has 1 aromatic heterocycles. The number of carboxylic acids is 1. The Morgan fingerprint density at radius 3 is 2.85 bits per heavy atom. The smallest absolute Gasteiger partial charge is 0.335 e. The zero-order valence-corrected chi connectivity index (χ0v) is 11.8. The van der Waals surface area contributed by atoms with Crippen LogP contribution >= 0.6 is 11.6 Å². The van der Waals surface area contributed by atoms with Crippen molar-refractivity contribution >= 4 is 34.4 Å². The van der Waals surface area contributed by atoms with Crippen LogP contribution in [0.15, 0.2) is 18.2 Å². The lowest BCUT2D eigenvalue weighted by Crippen LogP contribution is -2.27. The number of anilines is 1. The maximum Gasteiger partial charge on any atom is 0.335 e. The number of aromatic carboxylic acids is 1. The number of hydrogen-bond acceptors (Lipinski definition) is 4. The van der Waals surface area contributed by atoms with Crippen LogP contribution in [0.25, 0.3) is 11.0 Å². The van der Waals surface area contributed by atoms with Crippen molar-refractivity contribution in [2.75, 3.05) is 11.4 Å². The minimum Gasteiger partial charge on any atom is -0.478 e. The van der Waals surface area contributed by atoms with Crippen molar-refractivity contribution in [3.63, 3.8) is 0 Å². The fraction of sp³-hybridized carbons (Fsp3) is 0.357. The highest BCUT2D eigenvalue weighted by Crippen LogP contribution is 2.30. The Hall–Kier alpha value is -1.88. The molecule has 1 fully saturated rings. The van der Waals surface area contributed by atoms with Crippen LogP contribution in [0.3, 0.4) is 0 Å². The number of carboxylic acid groups (broad SMARTS) is 1.